The summed E-state index contributed by atoms with van der Waals surface area (Å²) in [5.74, 6) is -0.533. The minimum atomic E-state index is -0.569. The van der Waals surface area contributed by atoms with Crippen LogP contribution in [0.5, 0.6) is 0 Å². The Labute approximate surface area is 121 Å². The number of benzene rings is 1. The van der Waals surface area contributed by atoms with Crippen molar-refractivity contribution in [2.75, 3.05) is 5.32 Å². The fraction of sp³-hybridized carbons (Fsp3) is 0.214. The molecule has 102 valence electrons. The number of nitrogens with one attached hydrogen (secondary N) is 1. The zero-order valence-electron chi connectivity index (χ0n) is 10.8. The summed E-state index contributed by atoms with van der Waals surface area (Å²) < 4.78 is 13.5. The van der Waals surface area contributed by atoms with Crippen molar-refractivity contribution in [3.8, 4) is 6.07 Å². The molecule has 0 bridgehead atoms. The van der Waals surface area contributed by atoms with E-state index in [-0.39, 0.29) is 11.1 Å². The predicted molar refractivity (Wildman–Crippen MR) is 75.4 cm³/mol. The van der Waals surface area contributed by atoms with Gasteiger partial charge in [0.2, 0.25) is 5.28 Å². The van der Waals surface area contributed by atoms with Gasteiger partial charge < -0.3 is 5.32 Å². The van der Waals surface area contributed by atoms with Crippen LogP contribution in [0.4, 0.5) is 15.9 Å². The Hall–Kier alpha value is -2.19. The number of rotatable bonds is 4. The summed E-state index contributed by atoms with van der Waals surface area (Å²) in [6, 6.07) is 7.72. The van der Waals surface area contributed by atoms with Crippen molar-refractivity contribution in [3.63, 3.8) is 0 Å². The van der Waals surface area contributed by atoms with Crippen LogP contribution in [0.3, 0.4) is 0 Å². The molecule has 2 aromatic rings. The first kappa shape index (κ1) is 14.2. The number of aryl methyl sites for hydroxylation is 2. The van der Waals surface area contributed by atoms with Gasteiger partial charge in [-0.15, -0.1) is 0 Å². The van der Waals surface area contributed by atoms with E-state index in [0.29, 0.717) is 18.5 Å². The largest absolute Gasteiger partial charge is 0.338 e. The summed E-state index contributed by atoms with van der Waals surface area (Å²) in [4.78, 5) is 7.35. The molecule has 0 atom stereocenters. The number of nitrogens with zero attached hydrogens (tertiary/aromatic N) is 3. The molecule has 0 saturated carbocycles. The second-order valence-electron chi connectivity index (χ2n) is 4.26. The average molecular weight is 291 g/mol. The molecule has 0 aliphatic heterocycles. The maximum Gasteiger partial charge on any atom is 0.224 e. The second kappa shape index (κ2) is 6.31. The van der Waals surface area contributed by atoms with Gasteiger partial charge in [0, 0.05) is 12.1 Å². The highest BCUT2D eigenvalue weighted by Gasteiger charge is 2.07. The van der Waals surface area contributed by atoms with Gasteiger partial charge in [0.15, 0.2) is 11.6 Å². The number of halogens is 2. The van der Waals surface area contributed by atoms with E-state index < -0.39 is 5.82 Å². The Bertz CT molecular complexity index is 667. The highest BCUT2D eigenvalue weighted by Crippen LogP contribution is 2.21. The van der Waals surface area contributed by atoms with Crippen LogP contribution in [-0.4, -0.2) is 9.97 Å². The van der Waals surface area contributed by atoms with Crippen LogP contribution in [0.25, 0.3) is 0 Å². The molecule has 20 heavy (non-hydrogen) atoms. The molecule has 0 radical (unpaired) electrons. The lowest BCUT2D eigenvalue weighted by Gasteiger charge is -2.10. The quantitative estimate of drug-likeness (QED) is 0.871. The van der Waals surface area contributed by atoms with Gasteiger partial charge in [-0.1, -0.05) is 6.07 Å². The van der Waals surface area contributed by atoms with Gasteiger partial charge in [-0.2, -0.15) is 10.2 Å². The molecule has 0 amide bonds. The van der Waals surface area contributed by atoms with Crippen molar-refractivity contribution in [3.05, 3.63) is 46.6 Å². The summed E-state index contributed by atoms with van der Waals surface area (Å²) in [7, 11) is 0. The molecule has 1 heterocycles. The Balaban J connectivity index is 2.20. The van der Waals surface area contributed by atoms with Crippen LogP contribution in [0, 0.1) is 24.1 Å². The SMILES string of the molecule is Cc1cc(Nc2nc(Cl)ncc2F)ccc1CCC#N. The molecule has 4 nitrogen and oxygen atoms in total. The maximum atomic E-state index is 13.5. The second-order valence-corrected chi connectivity index (χ2v) is 4.60. The topological polar surface area (TPSA) is 61.6 Å². The standard InChI is InChI=1S/C14H12ClFN4/c1-9-7-11(5-4-10(9)3-2-6-17)19-13-12(16)8-18-14(15)20-13/h4-5,7-8H,2-3H2,1H3,(H,18,19,20). The van der Waals surface area contributed by atoms with Gasteiger partial charge in [0.1, 0.15) is 0 Å². The lowest BCUT2D eigenvalue weighted by molar-refractivity contribution is 0.619. The van der Waals surface area contributed by atoms with Crippen LogP contribution in [0.2, 0.25) is 5.28 Å². The zero-order chi connectivity index (χ0) is 14.5. The van der Waals surface area contributed by atoms with E-state index in [1.54, 1.807) is 0 Å². The predicted octanol–water partition coefficient (Wildman–Crippen LogP) is 3.78. The first-order valence-corrected chi connectivity index (χ1v) is 6.39. The fourth-order valence-electron chi connectivity index (χ4n) is 1.81. The van der Waals surface area contributed by atoms with E-state index in [0.717, 1.165) is 17.3 Å². The molecule has 1 aromatic carbocycles. The van der Waals surface area contributed by atoms with Crippen LogP contribution >= 0.6 is 11.6 Å². The molecule has 0 unspecified atom stereocenters. The lowest BCUT2D eigenvalue weighted by Crippen LogP contribution is -2.00. The molecule has 1 N–H and O–H groups in total. The zero-order valence-corrected chi connectivity index (χ0v) is 11.6. The minimum absolute atomic E-state index is 0.0173. The molecular weight excluding hydrogens is 279 g/mol. The number of aromatic nitrogens is 2. The molecule has 6 heteroatoms. The smallest absolute Gasteiger partial charge is 0.224 e. The Morgan fingerprint density at radius 2 is 2.25 bits per heavy atom. The van der Waals surface area contributed by atoms with Gasteiger partial charge in [-0.25, -0.2) is 9.37 Å². The summed E-state index contributed by atoms with van der Waals surface area (Å²) >= 11 is 5.64. The van der Waals surface area contributed by atoms with E-state index in [1.165, 1.54) is 0 Å². The number of nitriles is 1. The minimum Gasteiger partial charge on any atom is -0.338 e. The Morgan fingerprint density at radius 3 is 2.95 bits per heavy atom. The molecule has 0 aliphatic carbocycles. The highest BCUT2D eigenvalue weighted by molar-refractivity contribution is 6.28. The number of hydrogen-bond acceptors (Lipinski definition) is 4. The first-order chi connectivity index (χ1) is 9.60. The Morgan fingerprint density at radius 1 is 1.45 bits per heavy atom. The van der Waals surface area contributed by atoms with E-state index in [9.17, 15) is 4.39 Å². The van der Waals surface area contributed by atoms with Crippen molar-refractivity contribution >= 4 is 23.1 Å². The summed E-state index contributed by atoms with van der Waals surface area (Å²) in [5, 5.41) is 11.4. The monoisotopic (exact) mass is 290 g/mol. The molecule has 0 saturated heterocycles. The summed E-state index contributed by atoms with van der Waals surface area (Å²) in [6.45, 7) is 1.95. The van der Waals surface area contributed by atoms with Gasteiger partial charge >= 0.3 is 0 Å². The van der Waals surface area contributed by atoms with Gasteiger partial charge in [0.05, 0.1) is 12.3 Å². The molecule has 2 rings (SSSR count). The van der Waals surface area contributed by atoms with Crippen molar-refractivity contribution in [1.82, 2.24) is 9.97 Å². The van der Waals surface area contributed by atoms with Crippen molar-refractivity contribution in [2.45, 2.75) is 19.8 Å². The van der Waals surface area contributed by atoms with E-state index >= 15 is 0 Å². The molecule has 0 fully saturated rings. The van der Waals surface area contributed by atoms with Crippen molar-refractivity contribution < 1.29 is 4.39 Å². The number of hydrogen-bond donors (Lipinski definition) is 1. The van der Waals surface area contributed by atoms with E-state index in [2.05, 4.69) is 21.4 Å². The Kier molecular flexibility index (Phi) is 4.49. The third kappa shape index (κ3) is 3.43. The molecule has 0 spiro atoms. The van der Waals surface area contributed by atoms with Crippen LogP contribution in [0.15, 0.2) is 24.4 Å². The van der Waals surface area contributed by atoms with Crippen molar-refractivity contribution in [1.29, 1.82) is 5.26 Å². The van der Waals surface area contributed by atoms with E-state index in [1.807, 2.05) is 25.1 Å². The highest BCUT2D eigenvalue weighted by atomic mass is 35.5. The number of anilines is 2. The summed E-state index contributed by atoms with van der Waals surface area (Å²) in [5.41, 5.74) is 2.83. The van der Waals surface area contributed by atoms with Crippen LogP contribution in [-0.2, 0) is 6.42 Å². The van der Waals surface area contributed by atoms with Crippen molar-refractivity contribution in [2.24, 2.45) is 0 Å². The summed E-state index contributed by atoms with van der Waals surface area (Å²) in [6.07, 6.45) is 2.20. The van der Waals surface area contributed by atoms with Gasteiger partial charge in [-0.3, -0.25) is 0 Å². The maximum absolute atomic E-state index is 13.5. The van der Waals surface area contributed by atoms with E-state index in [4.69, 9.17) is 16.9 Å². The van der Waals surface area contributed by atoms with Gasteiger partial charge in [0.25, 0.3) is 0 Å². The molecule has 0 aliphatic rings. The lowest BCUT2D eigenvalue weighted by atomic mass is 10.0. The first-order valence-electron chi connectivity index (χ1n) is 6.01. The fourth-order valence-corrected chi connectivity index (χ4v) is 1.95. The molecule has 1 aromatic heterocycles. The van der Waals surface area contributed by atoms with Gasteiger partial charge in [-0.05, 0) is 48.2 Å². The normalized spacial score (nSPS) is 10.1. The third-order valence-corrected chi connectivity index (χ3v) is 3.01. The average Bonchev–Trinajstić information content (AvgIpc) is 2.42. The molecular formula is C14H12ClFN4. The third-order valence-electron chi connectivity index (χ3n) is 2.83. The van der Waals surface area contributed by atoms with Crippen LogP contribution < -0.4 is 5.32 Å². The van der Waals surface area contributed by atoms with Crippen LogP contribution in [0.1, 0.15) is 17.5 Å².